The number of allylic oxidation sites excluding steroid dienone is 1. The lowest BCUT2D eigenvalue weighted by Gasteiger charge is -2.06. The average Bonchev–Trinajstić information content (AvgIpc) is 2.68. The maximum Gasteiger partial charge on any atom is 0.0565 e. The van der Waals surface area contributed by atoms with Crippen LogP contribution in [0.3, 0.4) is 0 Å². The number of nitrogens with zero attached hydrogens (tertiary/aromatic N) is 1. The molecule has 2 nitrogen and oxygen atoms in total. The highest BCUT2D eigenvalue weighted by Gasteiger charge is 2.09. The molecule has 1 N–H and O–H groups in total. The van der Waals surface area contributed by atoms with Crippen molar-refractivity contribution in [3.8, 4) is 0 Å². The minimum absolute atomic E-state index is 0.491. The molecule has 1 aromatic heterocycles. The van der Waals surface area contributed by atoms with Crippen LogP contribution in [0.4, 0.5) is 0 Å². The highest BCUT2D eigenvalue weighted by molar-refractivity contribution is 5.64. The van der Waals surface area contributed by atoms with Gasteiger partial charge in [-0.15, -0.1) is 0 Å². The Balaban J connectivity index is 0.000000791. The van der Waals surface area contributed by atoms with Gasteiger partial charge in [0.15, 0.2) is 0 Å². The fourth-order valence-corrected chi connectivity index (χ4v) is 1.21. The van der Waals surface area contributed by atoms with E-state index in [0.29, 0.717) is 5.92 Å². The predicted octanol–water partition coefficient (Wildman–Crippen LogP) is 3.98. The van der Waals surface area contributed by atoms with Crippen LogP contribution in [0.15, 0.2) is 12.8 Å². The summed E-state index contributed by atoms with van der Waals surface area (Å²) in [6.07, 6.45) is 2.85. The molecule has 0 saturated carbocycles. The molecule has 1 aromatic rings. The van der Waals surface area contributed by atoms with Gasteiger partial charge in [-0.05, 0) is 17.9 Å². The van der Waals surface area contributed by atoms with Crippen molar-refractivity contribution in [1.82, 2.24) is 10.2 Å². The molecule has 0 aliphatic rings. The van der Waals surface area contributed by atoms with Crippen LogP contribution in [0.1, 0.15) is 58.2 Å². The molecule has 0 atom stereocenters. The highest BCUT2D eigenvalue weighted by Crippen LogP contribution is 2.23. The maximum absolute atomic E-state index is 4.03. The fraction of sp³-hybridized carbons (Fsp3) is 0.583. The van der Waals surface area contributed by atoms with Crippen LogP contribution in [-0.2, 0) is 0 Å². The highest BCUT2D eigenvalue weighted by atomic mass is 15.1. The van der Waals surface area contributed by atoms with Crippen molar-refractivity contribution < 1.29 is 0 Å². The second kappa shape index (κ2) is 6.41. The first-order valence-corrected chi connectivity index (χ1v) is 5.38. The molecule has 0 aliphatic heterocycles. The quantitative estimate of drug-likeness (QED) is 0.774. The lowest BCUT2D eigenvalue weighted by molar-refractivity contribution is 0.807. The monoisotopic (exact) mass is 194 g/mol. The van der Waals surface area contributed by atoms with Crippen molar-refractivity contribution in [3.63, 3.8) is 0 Å². The van der Waals surface area contributed by atoms with Crippen molar-refractivity contribution >= 4 is 5.57 Å². The summed E-state index contributed by atoms with van der Waals surface area (Å²) >= 11 is 0. The van der Waals surface area contributed by atoms with Crippen LogP contribution in [-0.4, -0.2) is 10.2 Å². The summed E-state index contributed by atoms with van der Waals surface area (Å²) in [7, 11) is 0. The normalized spacial score (nSPS) is 9.57. The van der Waals surface area contributed by atoms with E-state index in [-0.39, 0.29) is 0 Å². The van der Waals surface area contributed by atoms with Crippen molar-refractivity contribution in [3.05, 3.63) is 24.0 Å². The molecular formula is C12H22N2. The van der Waals surface area contributed by atoms with E-state index in [4.69, 9.17) is 0 Å². The van der Waals surface area contributed by atoms with Gasteiger partial charge >= 0.3 is 0 Å². The Bertz CT molecular complexity index is 272. The molecule has 1 rings (SSSR count). The van der Waals surface area contributed by atoms with Gasteiger partial charge in [-0.25, -0.2) is 0 Å². The number of nitrogens with one attached hydrogen (secondary N) is 1. The van der Waals surface area contributed by atoms with E-state index in [2.05, 4.69) is 37.5 Å². The maximum atomic E-state index is 4.03. The molecule has 0 spiro atoms. The van der Waals surface area contributed by atoms with E-state index in [1.807, 2.05) is 20.0 Å². The molecule has 0 amide bonds. The van der Waals surface area contributed by atoms with Gasteiger partial charge in [0.25, 0.3) is 0 Å². The summed E-state index contributed by atoms with van der Waals surface area (Å²) in [6, 6.07) is 0. The van der Waals surface area contributed by atoms with Gasteiger partial charge in [0.1, 0.15) is 0 Å². The van der Waals surface area contributed by atoms with Crippen molar-refractivity contribution in [2.75, 3.05) is 0 Å². The smallest absolute Gasteiger partial charge is 0.0565 e. The zero-order chi connectivity index (χ0) is 11.1. The second-order valence-corrected chi connectivity index (χ2v) is 3.31. The Hall–Kier alpha value is -1.05. The average molecular weight is 194 g/mol. The zero-order valence-corrected chi connectivity index (χ0v) is 10.0. The van der Waals surface area contributed by atoms with Gasteiger partial charge < -0.3 is 0 Å². The number of aromatic nitrogens is 2. The molecule has 0 aliphatic carbocycles. The summed E-state index contributed by atoms with van der Waals surface area (Å²) in [5, 5.41) is 7.04. The van der Waals surface area contributed by atoms with Crippen molar-refractivity contribution in [2.45, 2.75) is 47.0 Å². The van der Waals surface area contributed by atoms with Crippen LogP contribution in [0.5, 0.6) is 0 Å². The number of hydrogen-bond acceptors (Lipinski definition) is 1. The Morgan fingerprint density at radius 1 is 1.50 bits per heavy atom. The van der Waals surface area contributed by atoms with Gasteiger partial charge in [0.2, 0.25) is 0 Å². The second-order valence-electron chi connectivity index (χ2n) is 3.31. The SMILES string of the molecule is C=C(CC)c1cn[nH]c1C(C)C.CC. The van der Waals surface area contributed by atoms with Crippen LogP contribution < -0.4 is 0 Å². The topological polar surface area (TPSA) is 28.7 Å². The molecule has 0 aromatic carbocycles. The van der Waals surface area contributed by atoms with Crippen LogP contribution in [0.2, 0.25) is 0 Å². The van der Waals surface area contributed by atoms with Crippen LogP contribution in [0.25, 0.3) is 5.57 Å². The molecule has 0 bridgehead atoms. The molecule has 0 saturated heterocycles. The third-order valence-corrected chi connectivity index (χ3v) is 2.05. The lowest BCUT2D eigenvalue weighted by Crippen LogP contribution is -1.92. The molecule has 2 heteroatoms. The first-order valence-electron chi connectivity index (χ1n) is 5.38. The van der Waals surface area contributed by atoms with E-state index in [9.17, 15) is 0 Å². The van der Waals surface area contributed by atoms with Crippen molar-refractivity contribution in [2.24, 2.45) is 0 Å². The first kappa shape index (κ1) is 12.9. The van der Waals surface area contributed by atoms with E-state index < -0.39 is 0 Å². The summed E-state index contributed by atoms with van der Waals surface area (Å²) in [6.45, 7) is 14.4. The van der Waals surface area contributed by atoms with Gasteiger partial charge in [-0.1, -0.05) is 41.2 Å². The Morgan fingerprint density at radius 3 is 2.50 bits per heavy atom. The molecule has 1 heterocycles. The Labute approximate surface area is 87.4 Å². The zero-order valence-electron chi connectivity index (χ0n) is 10.0. The third kappa shape index (κ3) is 3.02. The molecule has 14 heavy (non-hydrogen) atoms. The molecule has 0 radical (unpaired) electrons. The van der Waals surface area contributed by atoms with Gasteiger partial charge in [0, 0.05) is 11.3 Å². The van der Waals surface area contributed by atoms with Crippen LogP contribution >= 0.6 is 0 Å². The first-order chi connectivity index (χ1) is 6.66. The number of rotatable bonds is 3. The third-order valence-electron chi connectivity index (χ3n) is 2.05. The Kier molecular flexibility index (Phi) is 5.93. The molecule has 0 unspecified atom stereocenters. The van der Waals surface area contributed by atoms with E-state index in [1.54, 1.807) is 0 Å². The number of hydrogen-bond donors (Lipinski definition) is 1. The molecule has 0 fully saturated rings. The lowest BCUT2D eigenvalue weighted by atomic mass is 10.00. The van der Waals surface area contributed by atoms with Crippen LogP contribution in [0, 0.1) is 0 Å². The van der Waals surface area contributed by atoms with Crippen molar-refractivity contribution in [1.29, 1.82) is 0 Å². The summed E-state index contributed by atoms with van der Waals surface area (Å²) in [4.78, 5) is 0. The largest absolute Gasteiger partial charge is 0.282 e. The Morgan fingerprint density at radius 2 is 2.07 bits per heavy atom. The van der Waals surface area contributed by atoms with E-state index in [1.165, 1.54) is 11.3 Å². The van der Waals surface area contributed by atoms with E-state index in [0.717, 1.165) is 12.0 Å². The number of H-pyrrole nitrogens is 1. The summed E-state index contributed by atoms with van der Waals surface area (Å²) in [5.41, 5.74) is 3.54. The summed E-state index contributed by atoms with van der Waals surface area (Å²) in [5.74, 6) is 0.491. The predicted molar refractivity (Wildman–Crippen MR) is 63.3 cm³/mol. The minimum Gasteiger partial charge on any atom is -0.282 e. The molecule has 80 valence electrons. The van der Waals surface area contributed by atoms with Gasteiger partial charge in [-0.3, -0.25) is 5.10 Å². The molecular weight excluding hydrogens is 172 g/mol. The minimum atomic E-state index is 0.491. The standard InChI is InChI=1S/C10H16N2.C2H6/c1-5-8(4)9-6-11-12-10(9)7(2)3;1-2/h6-7H,4-5H2,1-3H3,(H,11,12);1-2H3. The van der Waals surface area contributed by atoms with Gasteiger partial charge in [0.05, 0.1) is 6.20 Å². The fourth-order valence-electron chi connectivity index (χ4n) is 1.21. The van der Waals surface area contributed by atoms with Gasteiger partial charge in [-0.2, -0.15) is 5.10 Å². The number of aromatic amines is 1. The van der Waals surface area contributed by atoms with E-state index >= 15 is 0 Å². The summed E-state index contributed by atoms with van der Waals surface area (Å²) < 4.78 is 0.